The molecule has 2 unspecified atom stereocenters. The molecular formula is C12H22N2O2S. The third-order valence-corrected chi connectivity index (χ3v) is 4.55. The van der Waals surface area contributed by atoms with Crippen LogP contribution in [0.15, 0.2) is 0 Å². The molecule has 0 radical (unpaired) electrons. The minimum Gasteiger partial charge on any atom is -0.378 e. The van der Waals surface area contributed by atoms with Crippen LogP contribution in [-0.2, 0) is 9.53 Å². The number of morpholine rings is 1. The maximum Gasteiger partial charge on any atom is 0.239 e. The maximum absolute atomic E-state index is 12.2. The highest BCUT2D eigenvalue weighted by molar-refractivity contribution is 7.99. The van der Waals surface area contributed by atoms with E-state index in [1.54, 1.807) is 0 Å². The topological polar surface area (TPSA) is 41.6 Å². The summed E-state index contributed by atoms with van der Waals surface area (Å²) in [4.78, 5) is 14.1. The standard InChI is InChI=1S/C12H22N2O2S/c1-10(13-11-3-2-8-17-9-11)12(15)14-4-6-16-7-5-14/h10-11,13H,2-9H2,1H3. The van der Waals surface area contributed by atoms with Crippen LogP contribution in [-0.4, -0.2) is 60.7 Å². The Bertz CT molecular complexity index is 251. The van der Waals surface area contributed by atoms with Gasteiger partial charge in [0, 0.05) is 24.9 Å². The summed E-state index contributed by atoms with van der Waals surface area (Å²) in [6.07, 6.45) is 2.47. The largest absolute Gasteiger partial charge is 0.378 e. The van der Waals surface area contributed by atoms with Crippen LogP contribution in [0, 0.1) is 0 Å². The number of hydrogen-bond acceptors (Lipinski definition) is 4. The average Bonchev–Trinajstić information content (AvgIpc) is 2.40. The van der Waals surface area contributed by atoms with E-state index in [4.69, 9.17) is 4.74 Å². The predicted octanol–water partition coefficient (Wildman–Crippen LogP) is 0.719. The molecule has 0 aliphatic carbocycles. The lowest BCUT2D eigenvalue weighted by atomic mass is 10.1. The minimum absolute atomic E-state index is 0.0585. The molecule has 1 N–H and O–H groups in total. The monoisotopic (exact) mass is 258 g/mol. The fourth-order valence-electron chi connectivity index (χ4n) is 2.35. The fraction of sp³-hybridized carbons (Fsp3) is 0.917. The number of amides is 1. The quantitative estimate of drug-likeness (QED) is 0.810. The van der Waals surface area contributed by atoms with Gasteiger partial charge >= 0.3 is 0 Å². The van der Waals surface area contributed by atoms with Crippen molar-refractivity contribution in [3.8, 4) is 0 Å². The highest BCUT2D eigenvalue weighted by Gasteiger charge is 2.25. The molecule has 2 saturated heterocycles. The Hall–Kier alpha value is -0.260. The maximum atomic E-state index is 12.2. The van der Waals surface area contributed by atoms with E-state index in [2.05, 4.69) is 5.32 Å². The summed E-state index contributed by atoms with van der Waals surface area (Å²) in [7, 11) is 0. The van der Waals surface area contributed by atoms with Gasteiger partial charge in [0.25, 0.3) is 0 Å². The summed E-state index contributed by atoms with van der Waals surface area (Å²) in [6.45, 7) is 4.82. The smallest absolute Gasteiger partial charge is 0.239 e. The molecule has 0 spiro atoms. The van der Waals surface area contributed by atoms with Gasteiger partial charge in [-0.25, -0.2) is 0 Å². The molecule has 2 heterocycles. The van der Waals surface area contributed by atoms with E-state index < -0.39 is 0 Å². The molecule has 0 aromatic rings. The first-order valence-electron chi connectivity index (χ1n) is 6.47. The molecular weight excluding hydrogens is 236 g/mol. The Kier molecular flexibility index (Phi) is 5.13. The van der Waals surface area contributed by atoms with Gasteiger partial charge in [-0.3, -0.25) is 4.79 Å². The highest BCUT2D eigenvalue weighted by atomic mass is 32.2. The molecule has 0 bridgehead atoms. The number of thioether (sulfide) groups is 1. The van der Waals surface area contributed by atoms with Crippen LogP contribution in [0.1, 0.15) is 19.8 Å². The predicted molar refractivity (Wildman–Crippen MR) is 70.3 cm³/mol. The summed E-state index contributed by atoms with van der Waals surface area (Å²) in [5, 5.41) is 3.46. The summed E-state index contributed by atoms with van der Waals surface area (Å²) < 4.78 is 5.26. The van der Waals surface area contributed by atoms with Gasteiger partial charge in [0.05, 0.1) is 19.3 Å². The fourth-order valence-corrected chi connectivity index (χ4v) is 3.44. The van der Waals surface area contributed by atoms with Crippen LogP contribution < -0.4 is 5.32 Å². The first-order chi connectivity index (χ1) is 8.27. The molecule has 2 aliphatic rings. The Morgan fingerprint density at radius 3 is 2.88 bits per heavy atom. The van der Waals surface area contributed by atoms with Gasteiger partial charge in [0.2, 0.25) is 5.91 Å². The van der Waals surface area contributed by atoms with E-state index in [1.807, 2.05) is 23.6 Å². The number of carbonyl (C=O) groups excluding carboxylic acids is 1. The number of ether oxygens (including phenoxy) is 1. The van der Waals surface area contributed by atoms with Gasteiger partial charge in [0.15, 0.2) is 0 Å². The van der Waals surface area contributed by atoms with Crippen molar-refractivity contribution in [2.45, 2.75) is 31.8 Å². The Morgan fingerprint density at radius 2 is 2.24 bits per heavy atom. The summed E-state index contributed by atoms with van der Waals surface area (Å²) >= 11 is 1.98. The third-order valence-electron chi connectivity index (χ3n) is 3.34. The molecule has 17 heavy (non-hydrogen) atoms. The first kappa shape index (κ1) is 13.2. The van der Waals surface area contributed by atoms with Crippen molar-refractivity contribution in [2.75, 3.05) is 37.8 Å². The molecule has 5 heteroatoms. The number of rotatable bonds is 3. The minimum atomic E-state index is -0.0585. The van der Waals surface area contributed by atoms with E-state index in [-0.39, 0.29) is 11.9 Å². The third kappa shape index (κ3) is 3.86. The lowest BCUT2D eigenvalue weighted by Gasteiger charge is -2.32. The van der Waals surface area contributed by atoms with Crippen molar-refractivity contribution in [1.29, 1.82) is 0 Å². The van der Waals surface area contributed by atoms with Crippen molar-refractivity contribution in [3.63, 3.8) is 0 Å². The van der Waals surface area contributed by atoms with Gasteiger partial charge in [-0.1, -0.05) is 0 Å². The highest BCUT2D eigenvalue weighted by Crippen LogP contribution is 2.17. The molecule has 2 rings (SSSR count). The zero-order valence-electron chi connectivity index (χ0n) is 10.5. The summed E-state index contributed by atoms with van der Waals surface area (Å²) in [6, 6.07) is 0.450. The summed E-state index contributed by atoms with van der Waals surface area (Å²) in [5.41, 5.74) is 0. The Morgan fingerprint density at radius 1 is 1.47 bits per heavy atom. The molecule has 0 saturated carbocycles. The van der Waals surface area contributed by atoms with Gasteiger partial charge < -0.3 is 15.0 Å². The second-order valence-electron chi connectivity index (χ2n) is 4.74. The molecule has 2 aliphatic heterocycles. The lowest BCUT2D eigenvalue weighted by molar-refractivity contribution is -0.137. The van der Waals surface area contributed by atoms with Crippen molar-refractivity contribution < 1.29 is 9.53 Å². The van der Waals surface area contributed by atoms with E-state index in [0.717, 1.165) is 18.8 Å². The van der Waals surface area contributed by atoms with Gasteiger partial charge in [-0.2, -0.15) is 11.8 Å². The van der Waals surface area contributed by atoms with Crippen LogP contribution in [0.2, 0.25) is 0 Å². The SMILES string of the molecule is CC(NC1CCCSC1)C(=O)N1CCOCC1. The Labute approximate surface area is 107 Å². The number of carbonyl (C=O) groups is 1. The van der Waals surface area contributed by atoms with Crippen LogP contribution in [0.4, 0.5) is 0 Å². The van der Waals surface area contributed by atoms with Crippen LogP contribution >= 0.6 is 11.8 Å². The van der Waals surface area contributed by atoms with Gasteiger partial charge in [0.1, 0.15) is 0 Å². The molecule has 98 valence electrons. The van der Waals surface area contributed by atoms with Crippen molar-refractivity contribution in [1.82, 2.24) is 10.2 Å². The van der Waals surface area contributed by atoms with E-state index >= 15 is 0 Å². The van der Waals surface area contributed by atoms with Crippen LogP contribution in [0.5, 0.6) is 0 Å². The molecule has 2 fully saturated rings. The first-order valence-corrected chi connectivity index (χ1v) is 7.63. The van der Waals surface area contributed by atoms with E-state index in [9.17, 15) is 4.79 Å². The molecule has 4 nitrogen and oxygen atoms in total. The van der Waals surface area contributed by atoms with Crippen LogP contribution in [0.25, 0.3) is 0 Å². The van der Waals surface area contributed by atoms with E-state index in [1.165, 1.54) is 18.6 Å². The van der Waals surface area contributed by atoms with Gasteiger partial charge in [-0.15, -0.1) is 0 Å². The van der Waals surface area contributed by atoms with Crippen molar-refractivity contribution in [3.05, 3.63) is 0 Å². The molecule has 0 aromatic carbocycles. The van der Waals surface area contributed by atoms with Crippen molar-refractivity contribution in [2.24, 2.45) is 0 Å². The lowest BCUT2D eigenvalue weighted by Crippen LogP contribution is -2.52. The van der Waals surface area contributed by atoms with Crippen LogP contribution in [0.3, 0.4) is 0 Å². The zero-order valence-corrected chi connectivity index (χ0v) is 11.3. The Balaban J connectivity index is 1.77. The molecule has 1 amide bonds. The molecule has 0 aromatic heterocycles. The zero-order chi connectivity index (χ0) is 12.1. The van der Waals surface area contributed by atoms with E-state index in [0.29, 0.717) is 19.3 Å². The summed E-state index contributed by atoms with van der Waals surface area (Å²) in [5.74, 6) is 2.63. The number of nitrogens with zero attached hydrogens (tertiary/aromatic N) is 1. The second-order valence-corrected chi connectivity index (χ2v) is 5.89. The molecule has 2 atom stereocenters. The number of nitrogens with one attached hydrogen (secondary N) is 1. The van der Waals surface area contributed by atoms with Gasteiger partial charge in [-0.05, 0) is 25.5 Å². The van der Waals surface area contributed by atoms with Crippen molar-refractivity contribution >= 4 is 17.7 Å². The normalized spacial score (nSPS) is 27.8. The second kappa shape index (κ2) is 6.61. The number of hydrogen-bond donors (Lipinski definition) is 1. The average molecular weight is 258 g/mol.